The van der Waals surface area contributed by atoms with E-state index in [-0.39, 0.29) is 12.1 Å². The van der Waals surface area contributed by atoms with Crippen molar-refractivity contribution in [3.05, 3.63) is 70.0 Å². The highest BCUT2D eigenvalue weighted by atomic mass is 35.5. The molecule has 1 aliphatic heterocycles. The number of fused-ring (bicyclic) bond motifs is 1. The summed E-state index contributed by atoms with van der Waals surface area (Å²) in [6, 6.07) is 13.6. The van der Waals surface area contributed by atoms with Crippen molar-refractivity contribution in [2.24, 2.45) is 0 Å². The fraction of sp³-hybridized carbons (Fsp3) is 0.222. The summed E-state index contributed by atoms with van der Waals surface area (Å²) in [4.78, 5) is 4.34. The maximum atomic E-state index is 6.42. The predicted octanol–water partition coefficient (Wildman–Crippen LogP) is 4.74. The van der Waals surface area contributed by atoms with Crippen LogP contribution in [0.2, 0.25) is 10.0 Å². The Labute approximate surface area is 155 Å². The monoisotopic (exact) mass is 374 g/mol. The molecule has 0 saturated carbocycles. The molecule has 0 fully saturated rings. The molecular formula is C18H16Cl2N4O. The molecule has 128 valence electrons. The molecule has 1 N–H and O–H groups in total. The number of methoxy groups -OCH3 is 1. The predicted molar refractivity (Wildman–Crippen MR) is 98.6 cm³/mol. The molecule has 1 aromatic heterocycles. The average Bonchev–Trinajstić information content (AvgIpc) is 3.09. The average molecular weight is 375 g/mol. The van der Waals surface area contributed by atoms with E-state index in [1.807, 2.05) is 35.0 Å². The molecule has 2 atom stereocenters. The summed E-state index contributed by atoms with van der Waals surface area (Å²) < 4.78 is 7.26. The molecule has 4 rings (SSSR count). The van der Waals surface area contributed by atoms with Crippen molar-refractivity contribution >= 4 is 29.2 Å². The van der Waals surface area contributed by atoms with Gasteiger partial charge < -0.3 is 10.1 Å². The molecule has 7 heteroatoms. The molecule has 0 spiro atoms. The largest absolute Gasteiger partial charge is 0.497 e. The van der Waals surface area contributed by atoms with Crippen LogP contribution in [0.25, 0.3) is 0 Å². The van der Waals surface area contributed by atoms with Crippen molar-refractivity contribution in [1.82, 2.24) is 14.8 Å². The van der Waals surface area contributed by atoms with Crippen LogP contribution < -0.4 is 10.1 Å². The van der Waals surface area contributed by atoms with Crippen LogP contribution in [0.1, 0.15) is 29.6 Å². The Balaban J connectivity index is 1.75. The van der Waals surface area contributed by atoms with E-state index >= 15 is 0 Å². The van der Waals surface area contributed by atoms with Crippen LogP contribution >= 0.6 is 23.2 Å². The number of nitrogens with zero attached hydrogens (tertiary/aromatic N) is 3. The van der Waals surface area contributed by atoms with Crippen molar-refractivity contribution in [1.29, 1.82) is 0 Å². The van der Waals surface area contributed by atoms with E-state index in [9.17, 15) is 0 Å². The van der Waals surface area contributed by atoms with Gasteiger partial charge in [0.15, 0.2) is 0 Å². The second kappa shape index (κ2) is 6.58. The number of anilines is 1. The lowest BCUT2D eigenvalue weighted by Crippen LogP contribution is -2.28. The zero-order valence-corrected chi connectivity index (χ0v) is 15.0. The second-order valence-corrected chi connectivity index (χ2v) is 6.76. The molecule has 1 aliphatic rings. The number of benzene rings is 2. The van der Waals surface area contributed by atoms with Gasteiger partial charge in [0.2, 0.25) is 5.95 Å². The van der Waals surface area contributed by atoms with Crippen molar-refractivity contribution in [3.8, 4) is 5.75 Å². The number of rotatable bonds is 3. The first-order valence-electron chi connectivity index (χ1n) is 7.90. The van der Waals surface area contributed by atoms with Crippen molar-refractivity contribution in [3.63, 3.8) is 0 Å². The van der Waals surface area contributed by atoms with Crippen LogP contribution in [0.3, 0.4) is 0 Å². The summed E-state index contributed by atoms with van der Waals surface area (Å²) in [7, 11) is 1.67. The first-order chi connectivity index (χ1) is 12.2. The molecule has 25 heavy (non-hydrogen) atoms. The summed E-state index contributed by atoms with van der Waals surface area (Å²) in [6.07, 6.45) is 2.34. The van der Waals surface area contributed by atoms with E-state index in [4.69, 9.17) is 27.9 Å². The minimum atomic E-state index is 0.0117. The lowest BCUT2D eigenvalue weighted by Gasteiger charge is -2.32. The first-order valence-corrected chi connectivity index (χ1v) is 8.66. The second-order valence-electron chi connectivity index (χ2n) is 5.92. The summed E-state index contributed by atoms with van der Waals surface area (Å²) in [6.45, 7) is 0. The van der Waals surface area contributed by atoms with Gasteiger partial charge in [-0.25, -0.2) is 4.68 Å². The zero-order valence-electron chi connectivity index (χ0n) is 13.5. The third-order valence-corrected chi connectivity index (χ3v) is 5.01. The zero-order chi connectivity index (χ0) is 17.4. The van der Waals surface area contributed by atoms with E-state index in [1.54, 1.807) is 19.5 Å². The summed E-state index contributed by atoms with van der Waals surface area (Å²) in [5.41, 5.74) is 2.11. The molecular weight excluding hydrogens is 359 g/mol. The molecule has 3 aromatic rings. The van der Waals surface area contributed by atoms with Gasteiger partial charge in [0.05, 0.1) is 19.2 Å². The Hall–Kier alpha value is -2.24. The standard InChI is InChI=1S/C18H16Cl2N4O/c1-25-13-4-2-3-11(7-13)17-9-16(23-18-21-10-22-24(17)18)14-6-5-12(19)8-15(14)20/h2-8,10,16-17H,9H2,1H3,(H,21,22,23)/t16-,17+/m1/s1. The van der Waals surface area contributed by atoms with Gasteiger partial charge in [0.25, 0.3) is 0 Å². The van der Waals surface area contributed by atoms with Crippen molar-refractivity contribution in [2.75, 3.05) is 12.4 Å². The lowest BCUT2D eigenvalue weighted by atomic mass is 9.93. The summed E-state index contributed by atoms with van der Waals surface area (Å²) in [5.74, 6) is 1.54. The number of nitrogens with one attached hydrogen (secondary N) is 1. The SMILES string of the molecule is COc1cccc([C@@H]2C[C@H](c3ccc(Cl)cc3Cl)Nc3ncnn32)c1. The Morgan fingerprint density at radius 2 is 2.08 bits per heavy atom. The number of aromatic nitrogens is 3. The smallest absolute Gasteiger partial charge is 0.222 e. The highest BCUT2D eigenvalue weighted by molar-refractivity contribution is 6.35. The quantitative estimate of drug-likeness (QED) is 0.719. The fourth-order valence-electron chi connectivity index (χ4n) is 3.23. The van der Waals surface area contributed by atoms with Crippen LogP contribution in [0.15, 0.2) is 48.8 Å². The van der Waals surface area contributed by atoms with Gasteiger partial charge in [-0.1, -0.05) is 41.4 Å². The molecule has 2 aromatic carbocycles. The van der Waals surface area contributed by atoms with Gasteiger partial charge in [0, 0.05) is 10.0 Å². The molecule has 0 aliphatic carbocycles. The Morgan fingerprint density at radius 1 is 1.20 bits per heavy atom. The molecule has 0 amide bonds. The summed E-state index contributed by atoms with van der Waals surface area (Å²) in [5, 5.41) is 9.06. The van der Waals surface area contributed by atoms with Gasteiger partial charge in [-0.2, -0.15) is 10.1 Å². The van der Waals surface area contributed by atoms with Crippen molar-refractivity contribution < 1.29 is 4.74 Å². The summed E-state index contributed by atoms with van der Waals surface area (Å²) >= 11 is 12.5. The molecule has 0 unspecified atom stereocenters. The van der Waals surface area contributed by atoms with E-state index in [2.05, 4.69) is 21.5 Å². The van der Waals surface area contributed by atoms with E-state index in [1.165, 1.54) is 0 Å². The Bertz CT molecular complexity index is 912. The maximum absolute atomic E-state index is 6.42. The molecule has 0 bridgehead atoms. The van der Waals surface area contributed by atoms with Crippen LogP contribution in [-0.4, -0.2) is 21.9 Å². The molecule has 2 heterocycles. The highest BCUT2D eigenvalue weighted by Gasteiger charge is 2.31. The van der Waals surface area contributed by atoms with Gasteiger partial charge in [-0.05, 0) is 41.8 Å². The van der Waals surface area contributed by atoms with Gasteiger partial charge in [0.1, 0.15) is 12.1 Å². The lowest BCUT2D eigenvalue weighted by molar-refractivity contribution is 0.406. The first kappa shape index (κ1) is 16.2. The van der Waals surface area contributed by atoms with E-state index < -0.39 is 0 Å². The number of hydrogen-bond acceptors (Lipinski definition) is 4. The van der Waals surface area contributed by atoms with Crippen LogP contribution in [0.5, 0.6) is 5.75 Å². The van der Waals surface area contributed by atoms with Crippen LogP contribution in [0.4, 0.5) is 5.95 Å². The number of ether oxygens (including phenoxy) is 1. The molecule has 5 nitrogen and oxygen atoms in total. The van der Waals surface area contributed by atoms with E-state index in [0.29, 0.717) is 10.0 Å². The highest BCUT2D eigenvalue weighted by Crippen LogP contribution is 2.40. The maximum Gasteiger partial charge on any atom is 0.222 e. The fourth-order valence-corrected chi connectivity index (χ4v) is 3.77. The van der Waals surface area contributed by atoms with Gasteiger partial charge >= 0.3 is 0 Å². The molecule has 0 radical (unpaired) electrons. The third-order valence-electron chi connectivity index (χ3n) is 4.45. The minimum Gasteiger partial charge on any atom is -0.497 e. The number of halogens is 2. The topological polar surface area (TPSA) is 52.0 Å². The van der Waals surface area contributed by atoms with Crippen molar-refractivity contribution in [2.45, 2.75) is 18.5 Å². The Kier molecular flexibility index (Phi) is 4.27. The van der Waals surface area contributed by atoms with Crippen LogP contribution in [0, 0.1) is 0 Å². The van der Waals surface area contributed by atoms with E-state index in [0.717, 1.165) is 29.2 Å². The normalized spacial score (nSPS) is 19.2. The Morgan fingerprint density at radius 3 is 2.88 bits per heavy atom. The van der Waals surface area contributed by atoms with Gasteiger partial charge in [-0.15, -0.1) is 0 Å². The van der Waals surface area contributed by atoms with Crippen LogP contribution in [-0.2, 0) is 0 Å². The minimum absolute atomic E-state index is 0.0117. The third kappa shape index (κ3) is 3.05. The number of hydrogen-bond donors (Lipinski definition) is 1. The molecule has 0 saturated heterocycles. The van der Waals surface area contributed by atoms with Gasteiger partial charge in [-0.3, -0.25) is 0 Å².